The third-order valence-electron chi connectivity index (χ3n) is 3.79. The molecule has 0 spiro atoms. The zero-order valence-electron chi connectivity index (χ0n) is 13.4. The molecule has 0 aliphatic carbocycles. The lowest BCUT2D eigenvalue weighted by atomic mass is 10.0. The van der Waals surface area contributed by atoms with Crippen LogP contribution in [0.15, 0.2) is 66.7 Å². The van der Waals surface area contributed by atoms with Crippen LogP contribution in [0.4, 0.5) is 14.5 Å². The Morgan fingerprint density at radius 2 is 1.50 bits per heavy atom. The van der Waals surface area contributed by atoms with Crippen molar-refractivity contribution in [2.24, 2.45) is 0 Å². The average molecular weight is 353 g/mol. The maximum absolute atomic E-state index is 14.0. The van der Waals surface area contributed by atoms with Crippen molar-refractivity contribution in [1.82, 2.24) is 0 Å². The summed E-state index contributed by atoms with van der Waals surface area (Å²) < 4.78 is 28.0. The minimum atomic E-state index is -1.27. The molecule has 3 aromatic carbocycles. The van der Waals surface area contributed by atoms with E-state index >= 15 is 0 Å². The van der Waals surface area contributed by atoms with E-state index < -0.39 is 23.5 Å². The molecule has 26 heavy (non-hydrogen) atoms. The maximum Gasteiger partial charge on any atom is 0.337 e. The Kier molecular flexibility index (Phi) is 4.75. The number of carbonyl (C=O) groups is 2. The molecule has 0 aliphatic heterocycles. The van der Waals surface area contributed by atoms with E-state index in [0.29, 0.717) is 5.56 Å². The van der Waals surface area contributed by atoms with Gasteiger partial charge < -0.3 is 10.4 Å². The predicted molar refractivity (Wildman–Crippen MR) is 93.1 cm³/mol. The lowest BCUT2D eigenvalue weighted by Gasteiger charge is -2.12. The highest BCUT2D eigenvalue weighted by molar-refractivity contribution is 6.08. The molecule has 6 heteroatoms. The highest BCUT2D eigenvalue weighted by Gasteiger charge is 2.17. The van der Waals surface area contributed by atoms with Gasteiger partial charge in [-0.15, -0.1) is 0 Å². The summed E-state index contributed by atoms with van der Waals surface area (Å²) in [5.41, 5.74) is -0.0822. The molecule has 0 atom stereocenters. The van der Waals surface area contributed by atoms with Crippen LogP contribution in [0.5, 0.6) is 0 Å². The fraction of sp³-hybridized carbons (Fsp3) is 0. The van der Waals surface area contributed by atoms with Crippen LogP contribution in [0.25, 0.3) is 11.1 Å². The number of halogens is 2. The third-order valence-corrected chi connectivity index (χ3v) is 3.79. The highest BCUT2D eigenvalue weighted by atomic mass is 19.1. The van der Waals surface area contributed by atoms with Crippen LogP contribution in [0.1, 0.15) is 20.7 Å². The van der Waals surface area contributed by atoms with Crippen molar-refractivity contribution in [2.45, 2.75) is 0 Å². The Hall–Kier alpha value is -3.54. The zero-order chi connectivity index (χ0) is 18.7. The van der Waals surface area contributed by atoms with E-state index in [0.717, 1.165) is 12.1 Å². The summed E-state index contributed by atoms with van der Waals surface area (Å²) in [6.07, 6.45) is 0. The number of hydrogen-bond acceptors (Lipinski definition) is 2. The first-order valence-corrected chi connectivity index (χ1v) is 7.65. The van der Waals surface area contributed by atoms with Gasteiger partial charge in [0.15, 0.2) is 0 Å². The van der Waals surface area contributed by atoms with Crippen LogP contribution in [0.2, 0.25) is 0 Å². The van der Waals surface area contributed by atoms with Crippen LogP contribution in [0.3, 0.4) is 0 Å². The van der Waals surface area contributed by atoms with Crippen LogP contribution in [-0.4, -0.2) is 17.0 Å². The van der Waals surface area contributed by atoms with Gasteiger partial charge in [-0.3, -0.25) is 4.79 Å². The molecule has 0 saturated heterocycles. The lowest BCUT2D eigenvalue weighted by Crippen LogP contribution is -2.15. The molecule has 3 rings (SSSR count). The Labute approximate surface area is 147 Å². The van der Waals surface area contributed by atoms with Crippen LogP contribution in [-0.2, 0) is 0 Å². The van der Waals surface area contributed by atoms with Gasteiger partial charge in [0.2, 0.25) is 0 Å². The summed E-state index contributed by atoms with van der Waals surface area (Å²) in [6, 6.07) is 15.4. The summed E-state index contributed by atoms with van der Waals surface area (Å²) in [6.45, 7) is 0. The van der Waals surface area contributed by atoms with E-state index in [9.17, 15) is 23.5 Å². The lowest BCUT2D eigenvalue weighted by molar-refractivity contribution is 0.0698. The van der Waals surface area contributed by atoms with Crippen molar-refractivity contribution in [1.29, 1.82) is 0 Å². The highest BCUT2D eigenvalue weighted by Crippen LogP contribution is 2.30. The molecule has 4 nitrogen and oxygen atoms in total. The molecular weight excluding hydrogens is 340 g/mol. The minimum Gasteiger partial charge on any atom is -0.478 e. The molecule has 0 unspecified atom stereocenters. The van der Waals surface area contributed by atoms with E-state index in [1.165, 1.54) is 24.3 Å². The fourth-order valence-corrected chi connectivity index (χ4v) is 2.55. The molecule has 0 bridgehead atoms. The van der Waals surface area contributed by atoms with E-state index in [-0.39, 0.29) is 22.4 Å². The maximum atomic E-state index is 14.0. The second-order valence-corrected chi connectivity index (χ2v) is 5.48. The average Bonchev–Trinajstić information content (AvgIpc) is 2.62. The quantitative estimate of drug-likeness (QED) is 0.721. The topological polar surface area (TPSA) is 66.4 Å². The number of nitrogens with one attached hydrogen (secondary N) is 1. The molecular formula is C20H13F2NO3. The number of rotatable bonds is 4. The Morgan fingerprint density at radius 3 is 2.12 bits per heavy atom. The number of carboxylic acid groups (broad SMARTS) is 1. The van der Waals surface area contributed by atoms with Crippen molar-refractivity contribution in [3.63, 3.8) is 0 Å². The smallest absolute Gasteiger partial charge is 0.337 e. The van der Waals surface area contributed by atoms with Gasteiger partial charge in [0.1, 0.15) is 11.6 Å². The van der Waals surface area contributed by atoms with Gasteiger partial charge in [0.25, 0.3) is 5.91 Å². The van der Waals surface area contributed by atoms with Crippen molar-refractivity contribution in [3.05, 3.63) is 89.5 Å². The fourth-order valence-electron chi connectivity index (χ4n) is 2.55. The first kappa shape index (κ1) is 17.3. The monoisotopic (exact) mass is 353 g/mol. The second kappa shape index (κ2) is 7.14. The Morgan fingerprint density at radius 1 is 0.846 bits per heavy atom. The molecule has 0 aliphatic rings. The van der Waals surface area contributed by atoms with Gasteiger partial charge in [-0.05, 0) is 42.0 Å². The number of amides is 1. The van der Waals surface area contributed by atoms with Gasteiger partial charge >= 0.3 is 5.97 Å². The minimum absolute atomic E-state index is 0.0495. The van der Waals surface area contributed by atoms with Crippen LogP contribution < -0.4 is 5.32 Å². The van der Waals surface area contributed by atoms with Crippen LogP contribution >= 0.6 is 0 Å². The standard InChI is InChI=1S/C20H13F2NO3/c21-15-7-4-8-16(22)18(15)13-9-10-14(20(25)26)17(11-13)23-19(24)12-5-2-1-3-6-12/h1-11H,(H,23,24)(H,25,26). The first-order valence-electron chi connectivity index (χ1n) is 7.65. The Balaban J connectivity index is 2.05. The second-order valence-electron chi connectivity index (χ2n) is 5.48. The van der Waals surface area contributed by atoms with Gasteiger partial charge in [-0.25, -0.2) is 13.6 Å². The molecule has 0 saturated carbocycles. The van der Waals surface area contributed by atoms with Crippen molar-refractivity contribution < 1.29 is 23.5 Å². The number of hydrogen-bond donors (Lipinski definition) is 2. The van der Waals surface area contributed by atoms with E-state index in [1.807, 2.05) is 0 Å². The summed E-state index contributed by atoms with van der Waals surface area (Å²) in [4.78, 5) is 23.7. The molecule has 0 radical (unpaired) electrons. The van der Waals surface area contributed by atoms with E-state index in [2.05, 4.69) is 5.32 Å². The number of benzene rings is 3. The summed E-state index contributed by atoms with van der Waals surface area (Å²) in [7, 11) is 0. The van der Waals surface area contributed by atoms with Crippen molar-refractivity contribution >= 4 is 17.6 Å². The number of carbonyl (C=O) groups excluding carboxylic acids is 1. The molecule has 2 N–H and O–H groups in total. The zero-order valence-corrected chi connectivity index (χ0v) is 13.4. The number of aromatic carboxylic acids is 1. The van der Waals surface area contributed by atoms with Gasteiger partial charge in [-0.2, -0.15) is 0 Å². The van der Waals surface area contributed by atoms with Gasteiger partial charge in [0, 0.05) is 5.56 Å². The molecule has 130 valence electrons. The van der Waals surface area contributed by atoms with Crippen molar-refractivity contribution in [2.75, 3.05) is 5.32 Å². The van der Waals surface area contributed by atoms with E-state index in [4.69, 9.17) is 0 Å². The van der Waals surface area contributed by atoms with Crippen LogP contribution in [0, 0.1) is 11.6 Å². The summed E-state index contributed by atoms with van der Waals surface area (Å²) in [5, 5.41) is 11.8. The summed E-state index contributed by atoms with van der Waals surface area (Å²) in [5.74, 6) is -3.37. The van der Waals surface area contributed by atoms with Gasteiger partial charge in [0.05, 0.1) is 16.8 Å². The number of carboxylic acids is 1. The predicted octanol–water partition coefficient (Wildman–Crippen LogP) is 4.58. The molecule has 0 fully saturated rings. The molecule has 1 amide bonds. The molecule has 0 heterocycles. The van der Waals surface area contributed by atoms with Gasteiger partial charge in [-0.1, -0.05) is 30.3 Å². The summed E-state index contributed by atoms with van der Waals surface area (Å²) >= 11 is 0. The molecule has 3 aromatic rings. The third kappa shape index (κ3) is 3.44. The first-order chi connectivity index (χ1) is 12.5. The van der Waals surface area contributed by atoms with E-state index in [1.54, 1.807) is 30.3 Å². The largest absolute Gasteiger partial charge is 0.478 e. The Bertz CT molecular complexity index is 967. The number of anilines is 1. The van der Waals surface area contributed by atoms with Crippen molar-refractivity contribution in [3.8, 4) is 11.1 Å². The SMILES string of the molecule is O=C(Nc1cc(-c2c(F)cccc2F)ccc1C(=O)O)c1ccccc1. The normalized spacial score (nSPS) is 10.4. The molecule has 0 aromatic heterocycles.